The van der Waals surface area contributed by atoms with Crippen molar-refractivity contribution in [3.8, 4) is 24.0 Å². The Balaban J connectivity index is 3.38. The molecule has 110 valence electrons. The van der Waals surface area contributed by atoms with Gasteiger partial charge in [0.1, 0.15) is 35.2 Å². The molecule has 0 aliphatic carbocycles. The molecule has 0 fully saturated rings. The number of rotatable bonds is 4. The molecular weight excluding hydrogens is 352 g/mol. The molecule has 0 saturated heterocycles. The maximum atomic E-state index is 11.6. The molecule has 0 radical (unpaired) electrons. The Bertz CT molecular complexity index is 750. The van der Waals surface area contributed by atoms with Crippen LogP contribution in [0.2, 0.25) is 0 Å². The zero-order valence-electron chi connectivity index (χ0n) is 11.6. The van der Waals surface area contributed by atoms with Gasteiger partial charge in [0.15, 0.2) is 5.57 Å². The lowest BCUT2D eigenvalue weighted by atomic mass is 10.1. The summed E-state index contributed by atoms with van der Waals surface area (Å²) in [6.07, 6.45) is 0. The third-order valence-corrected chi connectivity index (χ3v) is 3.20. The van der Waals surface area contributed by atoms with E-state index in [0.717, 1.165) is 0 Å². The van der Waals surface area contributed by atoms with Crippen LogP contribution in [-0.2, 0) is 4.74 Å². The van der Waals surface area contributed by atoms with Gasteiger partial charge in [-0.3, -0.25) is 0 Å². The lowest BCUT2D eigenvalue weighted by Gasteiger charge is -2.12. The van der Waals surface area contributed by atoms with Gasteiger partial charge in [-0.1, -0.05) is 0 Å². The lowest BCUT2D eigenvalue weighted by Crippen LogP contribution is -2.07. The summed E-state index contributed by atoms with van der Waals surface area (Å²) in [5, 5.41) is 29.3. The van der Waals surface area contributed by atoms with E-state index in [0.29, 0.717) is 10.2 Å². The first kappa shape index (κ1) is 17.0. The minimum atomic E-state index is -0.588. The Morgan fingerprint density at radius 3 is 2.27 bits per heavy atom. The number of allylic oxidation sites excluding steroid dienone is 2. The number of nitrogens with one attached hydrogen (secondary N) is 1. The van der Waals surface area contributed by atoms with Crippen LogP contribution < -0.4 is 10.1 Å². The van der Waals surface area contributed by atoms with Crippen molar-refractivity contribution < 1.29 is 14.3 Å². The van der Waals surface area contributed by atoms with Gasteiger partial charge >= 0.3 is 5.97 Å². The van der Waals surface area contributed by atoms with Crippen LogP contribution >= 0.6 is 15.9 Å². The van der Waals surface area contributed by atoms with Crippen molar-refractivity contribution in [3.63, 3.8) is 0 Å². The third-order valence-electron chi connectivity index (χ3n) is 2.54. The lowest BCUT2D eigenvalue weighted by molar-refractivity contribution is 0.0597. The number of benzene rings is 1. The number of hydrogen-bond acceptors (Lipinski definition) is 7. The second-order valence-electron chi connectivity index (χ2n) is 3.73. The maximum Gasteiger partial charge on any atom is 0.341 e. The first-order chi connectivity index (χ1) is 10.5. The maximum absolute atomic E-state index is 11.6. The average Bonchev–Trinajstić information content (AvgIpc) is 2.55. The molecule has 0 spiro atoms. The van der Waals surface area contributed by atoms with Crippen molar-refractivity contribution >= 4 is 27.6 Å². The predicted octanol–water partition coefficient (Wildman–Crippen LogP) is 2.48. The molecule has 0 saturated carbocycles. The predicted molar refractivity (Wildman–Crippen MR) is 79.5 cm³/mol. The summed E-state index contributed by atoms with van der Waals surface area (Å²) in [6.45, 7) is 0. The molecule has 1 N–H and O–H groups in total. The van der Waals surface area contributed by atoms with E-state index >= 15 is 0 Å². The molecule has 7 nitrogen and oxygen atoms in total. The van der Waals surface area contributed by atoms with Gasteiger partial charge in [0.25, 0.3) is 0 Å². The molecule has 0 amide bonds. The summed E-state index contributed by atoms with van der Waals surface area (Å²) in [5.74, 6) is -0.375. The zero-order valence-corrected chi connectivity index (χ0v) is 13.2. The standard InChI is InChI=1S/C14H9BrN4O3/c1-21-13-4-11(10(15)3-9(13)14(20)22-2)19-12(7-18)8(5-16)6-17/h3-4,19H,1-2H3. The normalized spacial score (nSPS) is 8.73. The van der Waals surface area contributed by atoms with Crippen molar-refractivity contribution in [2.75, 3.05) is 19.5 Å². The van der Waals surface area contributed by atoms with Gasteiger partial charge < -0.3 is 14.8 Å². The molecule has 22 heavy (non-hydrogen) atoms. The number of hydrogen-bond donors (Lipinski definition) is 1. The fourth-order valence-corrected chi connectivity index (χ4v) is 1.95. The zero-order chi connectivity index (χ0) is 16.7. The highest BCUT2D eigenvalue weighted by molar-refractivity contribution is 9.10. The quantitative estimate of drug-likeness (QED) is 0.646. The Hall–Kier alpha value is -3.02. The second-order valence-corrected chi connectivity index (χ2v) is 4.59. The fourth-order valence-electron chi connectivity index (χ4n) is 1.51. The van der Waals surface area contributed by atoms with Gasteiger partial charge in [-0.25, -0.2) is 4.79 Å². The number of anilines is 1. The molecule has 0 bridgehead atoms. The summed E-state index contributed by atoms with van der Waals surface area (Å²) in [7, 11) is 2.61. The number of methoxy groups -OCH3 is 2. The smallest absolute Gasteiger partial charge is 0.341 e. The molecule has 1 rings (SSSR count). The van der Waals surface area contributed by atoms with Gasteiger partial charge in [-0.05, 0) is 22.0 Å². The molecule has 1 aromatic rings. The van der Waals surface area contributed by atoms with Crippen LogP contribution in [0, 0.1) is 34.0 Å². The number of nitrogens with zero attached hydrogens (tertiary/aromatic N) is 3. The minimum absolute atomic E-state index is 0.186. The summed E-state index contributed by atoms with van der Waals surface area (Å²) < 4.78 is 10.2. The topological polar surface area (TPSA) is 119 Å². The first-order valence-electron chi connectivity index (χ1n) is 5.69. The molecule has 0 aromatic heterocycles. The van der Waals surface area contributed by atoms with Crippen molar-refractivity contribution in [2.45, 2.75) is 0 Å². The van der Waals surface area contributed by atoms with E-state index in [2.05, 4.69) is 26.0 Å². The molecule has 0 unspecified atom stereocenters. The fraction of sp³-hybridized carbons (Fsp3) is 0.143. The van der Waals surface area contributed by atoms with Crippen molar-refractivity contribution in [3.05, 3.63) is 33.4 Å². The van der Waals surface area contributed by atoms with Crippen LogP contribution in [0.1, 0.15) is 10.4 Å². The number of carbonyl (C=O) groups excluding carboxylic acids is 1. The van der Waals surface area contributed by atoms with E-state index < -0.39 is 5.97 Å². The molecular formula is C14H9BrN4O3. The number of ether oxygens (including phenoxy) is 2. The van der Waals surface area contributed by atoms with E-state index in [9.17, 15) is 4.79 Å². The summed E-state index contributed by atoms with van der Waals surface area (Å²) in [4.78, 5) is 11.6. The molecule has 1 aromatic carbocycles. The number of nitriles is 3. The molecule has 0 aliphatic rings. The molecule has 8 heteroatoms. The van der Waals surface area contributed by atoms with Gasteiger partial charge in [0.05, 0.1) is 19.9 Å². The highest BCUT2D eigenvalue weighted by Crippen LogP contribution is 2.32. The van der Waals surface area contributed by atoms with Crippen molar-refractivity contribution in [1.82, 2.24) is 0 Å². The van der Waals surface area contributed by atoms with Gasteiger partial charge in [-0.2, -0.15) is 15.8 Å². The molecule has 0 atom stereocenters. The van der Waals surface area contributed by atoms with E-state index in [1.54, 1.807) is 18.2 Å². The van der Waals surface area contributed by atoms with Crippen LogP contribution in [0.4, 0.5) is 5.69 Å². The largest absolute Gasteiger partial charge is 0.496 e. The van der Waals surface area contributed by atoms with Crippen LogP contribution in [0.15, 0.2) is 27.9 Å². The van der Waals surface area contributed by atoms with E-state index in [4.69, 9.17) is 20.5 Å². The van der Waals surface area contributed by atoms with Crippen molar-refractivity contribution in [2.24, 2.45) is 0 Å². The first-order valence-corrected chi connectivity index (χ1v) is 6.49. The van der Waals surface area contributed by atoms with Crippen molar-refractivity contribution in [1.29, 1.82) is 15.8 Å². The number of halogens is 1. The minimum Gasteiger partial charge on any atom is -0.496 e. The van der Waals surface area contributed by atoms with Crippen LogP contribution in [0.25, 0.3) is 0 Å². The van der Waals surface area contributed by atoms with E-state index in [1.807, 2.05) is 0 Å². The van der Waals surface area contributed by atoms with Gasteiger partial charge in [-0.15, -0.1) is 0 Å². The van der Waals surface area contributed by atoms with E-state index in [-0.39, 0.29) is 22.6 Å². The number of esters is 1. The molecule has 0 heterocycles. The third kappa shape index (κ3) is 3.54. The summed E-state index contributed by atoms with van der Waals surface area (Å²) >= 11 is 3.23. The van der Waals surface area contributed by atoms with Gasteiger partial charge in [0.2, 0.25) is 0 Å². The highest BCUT2D eigenvalue weighted by Gasteiger charge is 2.17. The Morgan fingerprint density at radius 1 is 1.18 bits per heavy atom. The van der Waals surface area contributed by atoms with E-state index in [1.165, 1.54) is 26.4 Å². The Kier molecular flexibility index (Phi) is 5.95. The van der Waals surface area contributed by atoms with Gasteiger partial charge in [0, 0.05) is 10.5 Å². The second kappa shape index (κ2) is 7.68. The average molecular weight is 361 g/mol. The van der Waals surface area contributed by atoms with Crippen LogP contribution in [-0.4, -0.2) is 20.2 Å². The van der Waals surface area contributed by atoms with Crippen LogP contribution in [0.3, 0.4) is 0 Å². The molecule has 0 aliphatic heterocycles. The Labute approximate surface area is 135 Å². The summed E-state index contributed by atoms with van der Waals surface area (Å²) in [6, 6.07) is 7.87. The monoisotopic (exact) mass is 360 g/mol. The van der Waals surface area contributed by atoms with Crippen LogP contribution in [0.5, 0.6) is 5.75 Å². The highest BCUT2D eigenvalue weighted by atomic mass is 79.9. The number of carbonyl (C=O) groups is 1. The Morgan fingerprint density at radius 2 is 1.82 bits per heavy atom. The SMILES string of the molecule is COC(=O)c1cc(Br)c(NC(C#N)=C(C#N)C#N)cc1OC. The summed E-state index contributed by atoms with van der Waals surface area (Å²) in [5.41, 5.74) is -0.0289.